The minimum atomic E-state index is -1.53. The standard InChI is InChI=1S/C12H20O2Si/c1-6-8-12(13)14-10-15(4,5)9-11(3)7-2/h6-8H,2-3,9-10H2,1,4-5H3/b8-6+. The molecule has 0 atom stereocenters. The normalized spacial score (nSPS) is 11.4. The van der Waals surface area contributed by atoms with Crippen LogP contribution in [-0.2, 0) is 9.53 Å². The lowest BCUT2D eigenvalue weighted by Crippen LogP contribution is -2.33. The van der Waals surface area contributed by atoms with Gasteiger partial charge < -0.3 is 4.74 Å². The smallest absolute Gasteiger partial charge is 0.330 e. The molecule has 0 saturated heterocycles. The molecule has 0 unspecified atom stereocenters. The zero-order valence-corrected chi connectivity index (χ0v) is 10.9. The fourth-order valence-electron chi connectivity index (χ4n) is 1.19. The SMILES string of the molecule is C=CC(=C)C[Si](C)(C)COC(=O)/C=C/C. The molecule has 15 heavy (non-hydrogen) atoms. The van der Waals surface area contributed by atoms with Gasteiger partial charge in [0, 0.05) is 6.08 Å². The Morgan fingerprint density at radius 1 is 1.47 bits per heavy atom. The fraction of sp³-hybridized carbons (Fsp3) is 0.417. The molecule has 0 amide bonds. The van der Waals surface area contributed by atoms with Gasteiger partial charge in [0.05, 0.1) is 14.3 Å². The quantitative estimate of drug-likeness (QED) is 0.300. The Balaban J connectivity index is 4.08. The van der Waals surface area contributed by atoms with Crippen molar-refractivity contribution in [2.24, 2.45) is 0 Å². The van der Waals surface area contributed by atoms with Crippen LogP contribution >= 0.6 is 0 Å². The molecule has 0 aliphatic heterocycles. The van der Waals surface area contributed by atoms with E-state index in [2.05, 4.69) is 26.3 Å². The number of ether oxygens (including phenoxy) is 1. The van der Waals surface area contributed by atoms with Gasteiger partial charge in [-0.3, -0.25) is 0 Å². The van der Waals surface area contributed by atoms with Crippen molar-refractivity contribution >= 4 is 14.0 Å². The monoisotopic (exact) mass is 224 g/mol. The minimum absolute atomic E-state index is 0.262. The molecule has 0 aromatic heterocycles. The Kier molecular flexibility index (Phi) is 5.94. The minimum Gasteiger partial charge on any atom is -0.466 e. The first-order valence-electron chi connectivity index (χ1n) is 5.01. The largest absolute Gasteiger partial charge is 0.466 e. The Labute approximate surface area is 93.3 Å². The highest BCUT2D eigenvalue weighted by molar-refractivity contribution is 6.78. The summed E-state index contributed by atoms with van der Waals surface area (Å²) < 4.78 is 5.15. The average molecular weight is 224 g/mol. The summed E-state index contributed by atoms with van der Waals surface area (Å²) in [6.45, 7) is 13.7. The third kappa shape index (κ3) is 6.91. The van der Waals surface area contributed by atoms with Crippen molar-refractivity contribution in [2.45, 2.75) is 26.1 Å². The molecule has 2 nitrogen and oxygen atoms in total. The third-order valence-corrected chi connectivity index (χ3v) is 4.24. The van der Waals surface area contributed by atoms with Gasteiger partial charge in [0.2, 0.25) is 0 Å². The highest BCUT2D eigenvalue weighted by Gasteiger charge is 2.22. The molecule has 0 spiro atoms. The van der Waals surface area contributed by atoms with Crippen LogP contribution < -0.4 is 0 Å². The number of hydrogen-bond acceptors (Lipinski definition) is 2. The van der Waals surface area contributed by atoms with Crippen LogP contribution in [0.4, 0.5) is 0 Å². The summed E-state index contributed by atoms with van der Waals surface area (Å²) in [7, 11) is -1.53. The lowest BCUT2D eigenvalue weighted by atomic mass is 10.4. The summed E-state index contributed by atoms with van der Waals surface area (Å²) in [5.74, 6) is -0.262. The van der Waals surface area contributed by atoms with Crippen LogP contribution in [0.1, 0.15) is 6.92 Å². The van der Waals surface area contributed by atoms with E-state index in [0.29, 0.717) is 6.23 Å². The van der Waals surface area contributed by atoms with E-state index in [1.54, 1.807) is 19.1 Å². The van der Waals surface area contributed by atoms with Gasteiger partial charge in [-0.1, -0.05) is 44.0 Å². The second kappa shape index (κ2) is 6.40. The predicted octanol–water partition coefficient (Wildman–Crippen LogP) is 3.10. The molecule has 0 aliphatic carbocycles. The highest BCUT2D eigenvalue weighted by atomic mass is 28.3. The van der Waals surface area contributed by atoms with Crippen LogP contribution in [0.2, 0.25) is 19.1 Å². The highest BCUT2D eigenvalue weighted by Crippen LogP contribution is 2.16. The number of carbonyl (C=O) groups excluding carboxylic acids is 1. The van der Waals surface area contributed by atoms with Gasteiger partial charge in [0.25, 0.3) is 0 Å². The summed E-state index contributed by atoms with van der Waals surface area (Å²) in [6.07, 6.45) is 5.41. The van der Waals surface area contributed by atoms with Crippen molar-refractivity contribution in [3.8, 4) is 0 Å². The first-order valence-corrected chi connectivity index (χ1v) is 8.42. The maximum absolute atomic E-state index is 11.1. The van der Waals surface area contributed by atoms with Crippen LogP contribution in [0, 0.1) is 0 Å². The molecule has 0 aromatic carbocycles. The van der Waals surface area contributed by atoms with Crippen LogP contribution in [0.3, 0.4) is 0 Å². The van der Waals surface area contributed by atoms with Crippen molar-refractivity contribution in [3.05, 3.63) is 37.0 Å². The van der Waals surface area contributed by atoms with E-state index < -0.39 is 8.07 Å². The second-order valence-corrected chi connectivity index (χ2v) is 9.28. The lowest BCUT2D eigenvalue weighted by molar-refractivity contribution is -0.136. The first kappa shape index (κ1) is 13.9. The zero-order chi connectivity index (χ0) is 11.9. The topological polar surface area (TPSA) is 26.3 Å². The third-order valence-electron chi connectivity index (χ3n) is 1.90. The molecule has 0 saturated carbocycles. The van der Waals surface area contributed by atoms with Crippen LogP contribution in [0.25, 0.3) is 0 Å². The van der Waals surface area contributed by atoms with Crippen molar-refractivity contribution in [1.82, 2.24) is 0 Å². The zero-order valence-electron chi connectivity index (χ0n) is 9.88. The number of carbonyl (C=O) groups is 1. The summed E-state index contributed by atoms with van der Waals surface area (Å²) in [4.78, 5) is 11.1. The van der Waals surface area contributed by atoms with Gasteiger partial charge in [0.1, 0.15) is 0 Å². The second-order valence-electron chi connectivity index (χ2n) is 4.31. The van der Waals surface area contributed by atoms with Gasteiger partial charge in [-0.05, 0) is 13.0 Å². The molecule has 0 radical (unpaired) electrons. The summed E-state index contributed by atoms with van der Waals surface area (Å²) in [6, 6.07) is 0.916. The van der Waals surface area contributed by atoms with Crippen molar-refractivity contribution in [3.63, 3.8) is 0 Å². The molecule has 0 N–H and O–H groups in total. The van der Waals surface area contributed by atoms with E-state index in [9.17, 15) is 4.79 Å². The van der Waals surface area contributed by atoms with E-state index in [-0.39, 0.29) is 5.97 Å². The maximum Gasteiger partial charge on any atom is 0.330 e. The van der Waals surface area contributed by atoms with Gasteiger partial charge in [0.15, 0.2) is 0 Å². The van der Waals surface area contributed by atoms with Gasteiger partial charge in [-0.15, -0.1) is 0 Å². The van der Waals surface area contributed by atoms with E-state index in [0.717, 1.165) is 11.6 Å². The van der Waals surface area contributed by atoms with Crippen molar-refractivity contribution < 1.29 is 9.53 Å². The predicted molar refractivity (Wildman–Crippen MR) is 67.4 cm³/mol. The van der Waals surface area contributed by atoms with Gasteiger partial charge in [-0.2, -0.15) is 0 Å². The summed E-state index contributed by atoms with van der Waals surface area (Å²) >= 11 is 0. The van der Waals surface area contributed by atoms with Crippen molar-refractivity contribution in [2.75, 3.05) is 6.23 Å². The Hall–Kier alpha value is -1.09. The molecule has 3 heteroatoms. The van der Waals surface area contributed by atoms with Crippen molar-refractivity contribution in [1.29, 1.82) is 0 Å². The number of esters is 1. The molecule has 0 aliphatic rings. The first-order chi connectivity index (χ1) is 6.91. The van der Waals surface area contributed by atoms with E-state index in [4.69, 9.17) is 4.74 Å². The lowest BCUT2D eigenvalue weighted by Gasteiger charge is -2.21. The molecular weight excluding hydrogens is 204 g/mol. The van der Waals surface area contributed by atoms with Crippen LogP contribution in [0.5, 0.6) is 0 Å². The Bertz CT molecular complexity index is 277. The molecule has 0 heterocycles. The van der Waals surface area contributed by atoms with Crippen LogP contribution in [-0.4, -0.2) is 20.3 Å². The maximum atomic E-state index is 11.1. The van der Waals surface area contributed by atoms with Gasteiger partial charge in [-0.25, -0.2) is 4.79 Å². The Morgan fingerprint density at radius 2 is 2.07 bits per heavy atom. The molecule has 0 fully saturated rings. The molecule has 0 bridgehead atoms. The molecule has 84 valence electrons. The average Bonchev–Trinajstić information content (AvgIpc) is 2.15. The van der Waals surface area contributed by atoms with E-state index >= 15 is 0 Å². The Morgan fingerprint density at radius 3 is 2.53 bits per heavy atom. The van der Waals surface area contributed by atoms with Gasteiger partial charge >= 0.3 is 5.97 Å². The number of rotatable bonds is 6. The summed E-state index contributed by atoms with van der Waals surface area (Å²) in [5.41, 5.74) is 1.02. The molecule has 0 aromatic rings. The summed E-state index contributed by atoms with van der Waals surface area (Å²) in [5, 5.41) is 0. The molecular formula is C12H20O2Si. The van der Waals surface area contributed by atoms with Crippen LogP contribution in [0.15, 0.2) is 37.0 Å². The molecule has 0 rings (SSSR count). The van der Waals surface area contributed by atoms with E-state index in [1.807, 2.05) is 0 Å². The van der Waals surface area contributed by atoms with E-state index in [1.165, 1.54) is 6.08 Å². The number of hydrogen-bond donors (Lipinski definition) is 0. The fourth-order valence-corrected chi connectivity index (χ4v) is 3.20. The number of allylic oxidation sites excluding steroid dienone is 3.